The van der Waals surface area contributed by atoms with E-state index in [0.717, 1.165) is 5.56 Å². The zero-order valence-electron chi connectivity index (χ0n) is 18.4. The van der Waals surface area contributed by atoms with Crippen molar-refractivity contribution in [1.29, 1.82) is 5.41 Å². The van der Waals surface area contributed by atoms with Gasteiger partial charge in [0.25, 0.3) is 11.8 Å². The molecule has 2 heterocycles. The van der Waals surface area contributed by atoms with Crippen LogP contribution in [0.15, 0.2) is 42.5 Å². The van der Waals surface area contributed by atoms with Crippen molar-refractivity contribution in [2.45, 2.75) is 13.8 Å². The zero-order chi connectivity index (χ0) is 24.2. The zero-order valence-corrected chi connectivity index (χ0v) is 18.4. The quantitative estimate of drug-likeness (QED) is 0.272. The first-order valence-corrected chi connectivity index (χ1v) is 10.3. The Kier molecular flexibility index (Phi) is 6.26. The SMILES string of the molecule is CCOC(=O)c1ccc(Oc2nc3c(c(Oc4cc(C(=N)N)ccc4C)n2)NC(=O)CO3)cc1. The van der Waals surface area contributed by atoms with Gasteiger partial charge in [0.05, 0.1) is 12.2 Å². The Bertz CT molecular complexity index is 1280. The molecule has 0 saturated carbocycles. The molecule has 0 unspecified atom stereocenters. The number of hydrogen-bond acceptors (Lipinski definition) is 9. The van der Waals surface area contributed by atoms with Crippen LogP contribution < -0.4 is 25.3 Å². The number of esters is 1. The van der Waals surface area contributed by atoms with Crippen molar-refractivity contribution in [2.24, 2.45) is 5.73 Å². The van der Waals surface area contributed by atoms with Crippen LogP contribution in [-0.4, -0.2) is 40.9 Å². The summed E-state index contributed by atoms with van der Waals surface area (Å²) in [6.07, 6.45) is 0. The van der Waals surface area contributed by atoms with Gasteiger partial charge in [-0.3, -0.25) is 10.2 Å². The molecule has 0 atom stereocenters. The monoisotopic (exact) mass is 463 g/mol. The molecule has 174 valence electrons. The summed E-state index contributed by atoms with van der Waals surface area (Å²) in [6, 6.07) is 11.2. The second kappa shape index (κ2) is 9.45. The number of amidine groups is 1. The molecule has 1 aromatic heterocycles. The molecule has 0 radical (unpaired) electrons. The molecule has 11 nitrogen and oxygen atoms in total. The van der Waals surface area contributed by atoms with Crippen molar-refractivity contribution in [1.82, 2.24) is 9.97 Å². The van der Waals surface area contributed by atoms with Crippen LogP contribution in [0.25, 0.3) is 0 Å². The van der Waals surface area contributed by atoms with Gasteiger partial charge in [-0.1, -0.05) is 12.1 Å². The van der Waals surface area contributed by atoms with Crippen LogP contribution in [-0.2, 0) is 9.53 Å². The van der Waals surface area contributed by atoms with Gasteiger partial charge in [0.2, 0.25) is 5.88 Å². The number of benzene rings is 2. The van der Waals surface area contributed by atoms with E-state index in [1.54, 1.807) is 49.4 Å². The van der Waals surface area contributed by atoms with Crippen LogP contribution in [0.4, 0.5) is 5.69 Å². The standard InChI is InChI=1S/C23H21N5O6/c1-3-31-22(30)13-6-8-15(9-7-13)33-23-27-20-18(26-17(29)11-32-20)21(28-23)34-16-10-14(19(24)25)5-4-12(16)2/h4-10H,3,11H2,1-2H3,(H3,24,25)(H,26,29). The maximum atomic E-state index is 11.9. The number of ether oxygens (including phenoxy) is 4. The minimum Gasteiger partial charge on any atom is -0.466 e. The predicted octanol–water partition coefficient (Wildman–Crippen LogP) is 3.16. The summed E-state index contributed by atoms with van der Waals surface area (Å²) < 4.78 is 22.1. The number of aromatic nitrogens is 2. The number of rotatable bonds is 7. The third kappa shape index (κ3) is 4.88. The number of nitrogens with zero attached hydrogens (tertiary/aromatic N) is 2. The van der Waals surface area contributed by atoms with Crippen LogP contribution in [0.1, 0.15) is 28.4 Å². The average Bonchev–Trinajstić information content (AvgIpc) is 2.81. The molecule has 11 heteroatoms. The summed E-state index contributed by atoms with van der Waals surface area (Å²) in [5, 5.41) is 10.3. The van der Waals surface area contributed by atoms with E-state index in [9.17, 15) is 9.59 Å². The third-order valence-corrected chi connectivity index (χ3v) is 4.71. The Labute approximate surface area is 194 Å². The number of amides is 1. The smallest absolute Gasteiger partial charge is 0.338 e. The van der Waals surface area contributed by atoms with Crippen molar-refractivity contribution < 1.29 is 28.5 Å². The van der Waals surface area contributed by atoms with Crippen molar-refractivity contribution in [2.75, 3.05) is 18.5 Å². The Morgan fingerprint density at radius 2 is 1.88 bits per heavy atom. The first kappa shape index (κ1) is 22.5. The topological polar surface area (TPSA) is 159 Å². The van der Waals surface area contributed by atoms with E-state index in [2.05, 4.69) is 15.3 Å². The number of fused-ring (bicyclic) bond motifs is 1. The molecule has 0 bridgehead atoms. The maximum Gasteiger partial charge on any atom is 0.338 e. The van der Waals surface area contributed by atoms with Crippen LogP contribution in [0, 0.1) is 12.3 Å². The second-order valence-corrected chi connectivity index (χ2v) is 7.17. The Balaban J connectivity index is 1.66. The molecule has 0 saturated heterocycles. The van der Waals surface area contributed by atoms with E-state index >= 15 is 0 Å². The molecular weight excluding hydrogens is 442 g/mol. The number of carbonyl (C=O) groups excluding carboxylic acids is 2. The molecule has 0 spiro atoms. The number of nitrogen functional groups attached to an aromatic ring is 1. The molecule has 4 rings (SSSR count). The van der Waals surface area contributed by atoms with E-state index in [0.29, 0.717) is 22.6 Å². The lowest BCUT2D eigenvalue weighted by Gasteiger charge is -2.20. The van der Waals surface area contributed by atoms with Crippen LogP contribution >= 0.6 is 0 Å². The van der Waals surface area contributed by atoms with E-state index in [-0.39, 0.29) is 42.5 Å². The van der Waals surface area contributed by atoms with Gasteiger partial charge in [0.1, 0.15) is 17.3 Å². The normalized spacial score (nSPS) is 12.1. The fraction of sp³-hybridized carbons (Fsp3) is 0.174. The highest BCUT2D eigenvalue weighted by Gasteiger charge is 2.26. The number of anilines is 1. The lowest BCUT2D eigenvalue weighted by molar-refractivity contribution is -0.118. The third-order valence-electron chi connectivity index (χ3n) is 4.71. The summed E-state index contributed by atoms with van der Waals surface area (Å²) in [5.74, 6) is -0.170. The molecule has 0 fully saturated rings. The van der Waals surface area contributed by atoms with Gasteiger partial charge in [-0.05, 0) is 49.7 Å². The number of hydrogen-bond donors (Lipinski definition) is 3. The molecule has 2 aromatic carbocycles. The van der Waals surface area contributed by atoms with Gasteiger partial charge < -0.3 is 30.0 Å². The minimum atomic E-state index is -0.443. The molecular formula is C23H21N5O6. The van der Waals surface area contributed by atoms with Crippen LogP contribution in [0.3, 0.4) is 0 Å². The van der Waals surface area contributed by atoms with Gasteiger partial charge in [-0.25, -0.2) is 4.79 Å². The van der Waals surface area contributed by atoms with Crippen molar-refractivity contribution >= 4 is 23.4 Å². The molecule has 3 aromatic rings. The molecule has 1 aliphatic heterocycles. The minimum absolute atomic E-state index is 0.0139. The van der Waals surface area contributed by atoms with Gasteiger partial charge in [0, 0.05) is 5.56 Å². The first-order valence-electron chi connectivity index (χ1n) is 10.3. The Morgan fingerprint density at radius 3 is 2.59 bits per heavy atom. The Hall–Kier alpha value is -4.67. The van der Waals surface area contributed by atoms with Crippen molar-refractivity contribution in [3.63, 3.8) is 0 Å². The molecule has 4 N–H and O–H groups in total. The van der Waals surface area contributed by atoms with Gasteiger partial charge in [-0.15, -0.1) is 0 Å². The summed E-state index contributed by atoms with van der Waals surface area (Å²) in [7, 11) is 0. The lowest BCUT2D eigenvalue weighted by atomic mass is 10.1. The van der Waals surface area contributed by atoms with Gasteiger partial charge >= 0.3 is 12.0 Å². The number of nitrogens with two attached hydrogens (primary N) is 1. The summed E-state index contributed by atoms with van der Waals surface area (Å²) in [4.78, 5) is 32.2. The predicted molar refractivity (Wildman–Crippen MR) is 121 cm³/mol. The number of aryl methyl sites for hydroxylation is 1. The largest absolute Gasteiger partial charge is 0.466 e. The molecule has 0 aliphatic carbocycles. The number of carbonyl (C=O) groups is 2. The van der Waals surface area contributed by atoms with E-state index < -0.39 is 11.9 Å². The summed E-state index contributed by atoms with van der Waals surface area (Å²) in [6.45, 7) is 3.58. The summed E-state index contributed by atoms with van der Waals surface area (Å²) >= 11 is 0. The number of nitrogens with one attached hydrogen (secondary N) is 2. The van der Waals surface area contributed by atoms with Crippen LogP contribution in [0.2, 0.25) is 0 Å². The molecule has 1 aliphatic rings. The van der Waals surface area contributed by atoms with Gasteiger partial charge in [-0.2, -0.15) is 9.97 Å². The van der Waals surface area contributed by atoms with Crippen molar-refractivity contribution in [3.8, 4) is 29.3 Å². The van der Waals surface area contributed by atoms with E-state index in [1.165, 1.54) is 0 Å². The van der Waals surface area contributed by atoms with Crippen LogP contribution in [0.5, 0.6) is 29.3 Å². The first-order chi connectivity index (χ1) is 16.3. The highest BCUT2D eigenvalue weighted by atomic mass is 16.5. The highest BCUT2D eigenvalue weighted by Crippen LogP contribution is 2.39. The lowest BCUT2D eigenvalue weighted by Crippen LogP contribution is -2.26. The molecule has 1 amide bonds. The molecule has 34 heavy (non-hydrogen) atoms. The summed E-state index contributed by atoms with van der Waals surface area (Å²) in [5.41, 5.74) is 7.31. The second-order valence-electron chi connectivity index (χ2n) is 7.17. The maximum absolute atomic E-state index is 11.9. The fourth-order valence-electron chi connectivity index (χ4n) is 3.00. The highest BCUT2D eigenvalue weighted by molar-refractivity contribution is 5.97. The van der Waals surface area contributed by atoms with Gasteiger partial charge in [0.15, 0.2) is 12.3 Å². The van der Waals surface area contributed by atoms with E-state index in [4.69, 9.17) is 30.1 Å². The van der Waals surface area contributed by atoms with Crippen molar-refractivity contribution in [3.05, 3.63) is 59.2 Å². The van der Waals surface area contributed by atoms with E-state index in [1.807, 2.05) is 6.92 Å². The fourth-order valence-corrected chi connectivity index (χ4v) is 3.00. The Morgan fingerprint density at radius 1 is 1.15 bits per heavy atom. The average molecular weight is 463 g/mol.